The average Bonchev–Trinajstić information content (AvgIpc) is 2.43. The molecule has 3 N–H and O–H groups in total. The lowest BCUT2D eigenvalue weighted by molar-refractivity contribution is -0.115. The molecule has 0 fully saturated rings. The molecule has 0 aliphatic heterocycles. The Morgan fingerprint density at radius 3 is 2.55 bits per heavy atom. The normalized spacial score (nSPS) is 10.2. The lowest BCUT2D eigenvalue weighted by Gasteiger charge is -2.09. The molecule has 0 saturated carbocycles. The molecule has 2 rings (SSSR count). The third kappa shape index (κ3) is 3.83. The van der Waals surface area contributed by atoms with Gasteiger partial charge in [-0.05, 0) is 24.6 Å². The number of phenolic OH excluding ortho intramolecular Hbond substituents is 1. The largest absolute Gasteiger partial charge is 0.508 e. The van der Waals surface area contributed by atoms with E-state index in [1.807, 2.05) is 43.3 Å². The fourth-order valence-corrected chi connectivity index (χ4v) is 1.88. The summed E-state index contributed by atoms with van der Waals surface area (Å²) in [7, 11) is 0. The molecule has 1 amide bonds. The summed E-state index contributed by atoms with van der Waals surface area (Å²) in [6, 6.07) is 14.7. The van der Waals surface area contributed by atoms with Crippen LogP contribution in [-0.4, -0.2) is 17.6 Å². The van der Waals surface area contributed by atoms with Gasteiger partial charge in [-0.3, -0.25) is 4.79 Å². The minimum absolute atomic E-state index is 0.102. The summed E-state index contributed by atoms with van der Waals surface area (Å²) >= 11 is 0. The maximum absolute atomic E-state index is 11.8. The number of para-hydroxylation sites is 2. The van der Waals surface area contributed by atoms with E-state index < -0.39 is 0 Å². The van der Waals surface area contributed by atoms with Crippen LogP contribution in [0.4, 0.5) is 5.69 Å². The standard InChI is InChI=1S/C16H18N2O2/c1-12-6-2-4-8-14(12)18-16(20)11-17-10-13-7-3-5-9-15(13)19/h2-9,17,19H,10-11H2,1H3,(H,18,20). The highest BCUT2D eigenvalue weighted by atomic mass is 16.3. The van der Waals surface area contributed by atoms with Crippen molar-refractivity contribution in [2.75, 3.05) is 11.9 Å². The highest BCUT2D eigenvalue weighted by Crippen LogP contribution is 2.15. The highest BCUT2D eigenvalue weighted by molar-refractivity contribution is 5.92. The monoisotopic (exact) mass is 270 g/mol. The van der Waals surface area contributed by atoms with Crippen LogP contribution in [0.15, 0.2) is 48.5 Å². The van der Waals surface area contributed by atoms with Crippen molar-refractivity contribution in [1.82, 2.24) is 5.32 Å². The van der Waals surface area contributed by atoms with Crippen LogP contribution in [0.5, 0.6) is 5.75 Å². The molecule has 2 aromatic carbocycles. The van der Waals surface area contributed by atoms with Gasteiger partial charge in [0.1, 0.15) is 5.75 Å². The van der Waals surface area contributed by atoms with E-state index in [0.717, 1.165) is 16.8 Å². The average molecular weight is 270 g/mol. The quantitative estimate of drug-likeness (QED) is 0.782. The Bertz CT molecular complexity index is 597. The van der Waals surface area contributed by atoms with E-state index in [9.17, 15) is 9.90 Å². The van der Waals surface area contributed by atoms with E-state index in [0.29, 0.717) is 6.54 Å². The van der Waals surface area contributed by atoms with E-state index in [2.05, 4.69) is 10.6 Å². The van der Waals surface area contributed by atoms with Crippen LogP contribution in [0.3, 0.4) is 0 Å². The number of amides is 1. The Hall–Kier alpha value is -2.33. The zero-order valence-electron chi connectivity index (χ0n) is 11.4. The van der Waals surface area contributed by atoms with Gasteiger partial charge in [-0.1, -0.05) is 36.4 Å². The van der Waals surface area contributed by atoms with Crippen molar-refractivity contribution in [3.05, 3.63) is 59.7 Å². The minimum Gasteiger partial charge on any atom is -0.508 e. The number of carbonyl (C=O) groups is 1. The Kier molecular flexibility index (Phi) is 4.74. The van der Waals surface area contributed by atoms with Crippen molar-refractivity contribution in [3.8, 4) is 5.75 Å². The fraction of sp³-hybridized carbons (Fsp3) is 0.188. The molecule has 4 heteroatoms. The van der Waals surface area contributed by atoms with Crippen LogP contribution in [0.1, 0.15) is 11.1 Å². The third-order valence-corrected chi connectivity index (χ3v) is 3.01. The number of anilines is 1. The lowest BCUT2D eigenvalue weighted by atomic mass is 10.2. The summed E-state index contributed by atoms with van der Waals surface area (Å²) in [4.78, 5) is 11.8. The summed E-state index contributed by atoms with van der Waals surface area (Å²) in [6.45, 7) is 2.60. The maximum atomic E-state index is 11.8. The molecule has 0 aliphatic rings. The SMILES string of the molecule is Cc1ccccc1NC(=O)CNCc1ccccc1O. The summed E-state index contributed by atoms with van der Waals surface area (Å²) in [5.41, 5.74) is 2.62. The number of carbonyl (C=O) groups excluding carboxylic acids is 1. The van der Waals surface area contributed by atoms with Gasteiger partial charge in [0.05, 0.1) is 6.54 Å². The number of hydrogen-bond donors (Lipinski definition) is 3. The van der Waals surface area contributed by atoms with E-state index in [1.165, 1.54) is 0 Å². The molecule has 0 aromatic heterocycles. The molecule has 20 heavy (non-hydrogen) atoms. The Balaban J connectivity index is 1.82. The van der Waals surface area contributed by atoms with Crippen LogP contribution >= 0.6 is 0 Å². The second-order valence-electron chi connectivity index (χ2n) is 4.60. The number of aryl methyl sites for hydroxylation is 1. The predicted molar refractivity (Wildman–Crippen MR) is 79.6 cm³/mol. The van der Waals surface area contributed by atoms with Crippen molar-refractivity contribution in [2.45, 2.75) is 13.5 Å². The van der Waals surface area contributed by atoms with Gasteiger partial charge in [0.2, 0.25) is 5.91 Å². The summed E-state index contributed by atoms with van der Waals surface area (Å²) in [5.74, 6) is 0.133. The molecule has 0 atom stereocenters. The zero-order chi connectivity index (χ0) is 14.4. The number of rotatable bonds is 5. The number of hydrogen-bond acceptors (Lipinski definition) is 3. The van der Waals surface area contributed by atoms with Crippen LogP contribution in [0.2, 0.25) is 0 Å². The first-order chi connectivity index (χ1) is 9.66. The van der Waals surface area contributed by atoms with Crippen molar-refractivity contribution in [3.63, 3.8) is 0 Å². The molecule has 0 heterocycles. The van der Waals surface area contributed by atoms with Crippen LogP contribution in [-0.2, 0) is 11.3 Å². The zero-order valence-corrected chi connectivity index (χ0v) is 11.4. The summed E-state index contributed by atoms with van der Waals surface area (Å²) in [6.07, 6.45) is 0. The molecule has 0 saturated heterocycles. The highest BCUT2D eigenvalue weighted by Gasteiger charge is 2.04. The lowest BCUT2D eigenvalue weighted by Crippen LogP contribution is -2.27. The molecule has 0 spiro atoms. The van der Waals surface area contributed by atoms with Crippen molar-refractivity contribution in [2.24, 2.45) is 0 Å². The van der Waals surface area contributed by atoms with Crippen molar-refractivity contribution in [1.29, 1.82) is 0 Å². The molecule has 0 aliphatic carbocycles. The van der Waals surface area contributed by atoms with Gasteiger partial charge in [-0.2, -0.15) is 0 Å². The number of aromatic hydroxyl groups is 1. The molecule has 0 radical (unpaired) electrons. The molecule has 2 aromatic rings. The first kappa shape index (κ1) is 14.1. The Morgan fingerprint density at radius 2 is 1.80 bits per heavy atom. The molecular formula is C16H18N2O2. The van der Waals surface area contributed by atoms with Crippen LogP contribution in [0, 0.1) is 6.92 Å². The van der Waals surface area contributed by atoms with E-state index in [-0.39, 0.29) is 18.2 Å². The number of nitrogens with one attached hydrogen (secondary N) is 2. The van der Waals surface area contributed by atoms with Gasteiger partial charge in [-0.25, -0.2) is 0 Å². The van der Waals surface area contributed by atoms with Crippen molar-refractivity contribution >= 4 is 11.6 Å². The maximum Gasteiger partial charge on any atom is 0.238 e. The summed E-state index contributed by atoms with van der Waals surface area (Å²) < 4.78 is 0. The van der Waals surface area contributed by atoms with E-state index in [4.69, 9.17) is 0 Å². The first-order valence-corrected chi connectivity index (χ1v) is 6.50. The minimum atomic E-state index is -0.102. The van der Waals surface area contributed by atoms with Gasteiger partial charge >= 0.3 is 0 Å². The molecule has 0 bridgehead atoms. The number of phenols is 1. The van der Waals surface area contributed by atoms with E-state index >= 15 is 0 Å². The molecule has 104 valence electrons. The molecule has 0 unspecified atom stereocenters. The Labute approximate surface area is 118 Å². The first-order valence-electron chi connectivity index (χ1n) is 6.50. The second-order valence-corrected chi connectivity index (χ2v) is 4.60. The second kappa shape index (κ2) is 6.73. The van der Waals surface area contributed by atoms with Crippen LogP contribution in [0.25, 0.3) is 0 Å². The topological polar surface area (TPSA) is 61.4 Å². The van der Waals surface area contributed by atoms with Gasteiger partial charge in [-0.15, -0.1) is 0 Å². The fourth-order valence-electron chi connectivity index (χ4n) is 1.88. The van der Waals surface area contributed by atoms with Gasteiger partial charge in [0.15, 0.2) is 0 Å². The predicted octanol–water partition coefficient (Wildman–Crippen LogP) is 2.43. The van der Waals surface area contributed by atoms with E-state index in [1.54, 1.807) is 12.1 Å². The van der Waals surface area contributed by atoms with Crippen LogP contribution < -0.4 is 10.6 Å². The summed E-state index contributed by atoms with van der Waals surface area (Å²) in [5, 5.41) is 15.5. The van der Waals surface area contributed by atoms with Gasteiger partial charge in [0, 0.05) is 17.8 Å². The van der Waals surface area contributed by atoms with Gasteiger partial charge < -0.3 is 15.7 Å². The Morgan fingerprint density at radius 1 is 1.10 bits per heavy atom. The van der Waals surface area contributed by atoms with Gasteiger partial charge in [0.25, 0.3) is 0 Å². The number of benzene rings is 2. The third-order valence-electron chi connectivity index (χ3n) is 3.01. The van der Waals surface area contributed by atoms with Crippen molar-refractivity contribution < 1.29 is 9.90 Å². The smallest absolute Gasteiger partial charge is 0.238 e. The molecular weight excluding hydrogens is 252 g/mol. The molecule has 4 nitrogen and oxygen atoms in total.